The van der Waals surface area contributed by atoms with Gasteiger partial charge in [-0.2, -0.15) is 9.48 Å². The summed E-state index contributed by atoms with van der Waals surface area (Å²) in [5.41, 5.74) is 1.23. The van der Waals surface area contributed by atoms with Crippen LogP contribution >= 0.6 is 0 Å². The van der Waals surface area contributed by atoms with Crippen molar-refractivity contribution in [2.75, 3.05) is 26.1 Å². The zero-order valence-corrected chi connectivity index (χ0v) is 18.2. The molecule has 0 fully saturated rings. The number of nitrogens with one attached hydrogen (secondary N) is 1. The first kappa shape index (κ1) is 21.9. The summed E-state index contributed by atoms with van der Waals surface area (Å²) in [6.45, 7) is -0.242. The molecular weight excluding hydrogens is 424 g/mol. The minimum Gasteiger partial charge on any atom is -0.497 e. The predicted octanol–water partition coefficient (Wildman–Crippen LogP) is 2.47. The lowest BCUT2D eigenvalue weighted by Gasteiger charge is -2.27. The van der Waals surface area contributed by atoms with E-state index in [1.54, 1.807) is 67.8 Å². The van der Waals surface area contributed by atoms with Crippen molar-refractivity contribution in [2.45, 2.75) is 6.54 Å². The molecule has 2 aromatic carbocycles. The number of benzene rings is 2. The number of amides is 4. The molecule has 2 aromatic rings. The average Bonchev–Trinajstić information content (AvgIpc) is 2.85. The summed E-state index contributed by atoms with van der Waals surface area (Å²) in [5, 5.41) is 2.75. The van der Waals surface area contributed by atoms with Crippen molar-refractivity contribution in [1.29, 1.82) is 0 Å². The highest BCUT2D eigenvalue weighted by molar-refractivity contribution is 6.15. The zero-order chi connectivity index (χ0) is 23.4. The second-order valence-electron chi connectivity index (χ2n) is 7.39. The van der Waals surface area contributed by atoms with Gasteiger partial charge in [0.2, 0.25) is 0 Å². The second kappa shape index (κ2) is 9.47. The van der Waals surface area contributed by atoms with Crippen molar-refractivity contribution in [3.63, 3.8) is 0 Å². The number of nitrogens with zero attached hydrogens (tertiary/aromatic N) is 3. The van der Waals surface area contributed by atoms with Gasteiger partial charge in [0.1, 0.15) is 24.3 Å². The van der Waals surface area contributed by atoms with Crippen LogP contribution in [-0.4, -0.2) is 60.1 Å². The van der Waals surface area contributed by atoms with Gasteiger partial charge in [0, 0.05) is 0 Å². The molecule has 168 valence electrons. The van der Waals surface area contributed by atoms with Gasteiger partial charge >= 0.3 is 11.9 Å². The predicted molar refractivity (Wildman–Crippen MR) is 122 cm³/mol. The third-order valence-electron chi connectivity index (χ3n) is 5.33. The van der Waals surface area contributed by atoms with E-state index in [1.165, 1.54) is 17.9 Å². The van der Waals surface area contributed by atoms with E-state index in [9.17, 15) is 14.4 Å². The Morgan fingerprint density at radius 2 is 1.85 bits per heavy atom. The Kier molecular flexibility index (Phi) is 6.30. The summed E-state index contributed by atoms with van der Waals surface area (Å²) < 4.78 is 11.7. The van der Waals surface area contributed by atoms with Crippen LogP contribution in [0.2, 0.25) is 0 Å². The highest BCUT2D eigenvalue weighted by Crippen LogP contribution is 2.24. The van der Waals surface area contributed by atoms with Crippen molar-refractivity contribution in [3.8, 4) is 11.5 Å². The van der Waals surface area contributed by atoms with Gasteiger partial charge in [-0.25, -0.2) is 4.79 Å². The van der Waals surface area contributed by atoms with E-state index in [2.05, 4.69) is 10.3 Å². The third kappa shape index (κ3) is 4.52. The third-order valence-corrected chi connectivity index (χ3v) is 5.33. The number of imide groups is 1. The average molecular weight is 447 g/mol. The van der Waals surface area contributed by atoms with Gasteiger partial charge in [0.25, 0.3) is 11.7 Å². The van der Waals surface area contributed by atoms with E-state index in [0.29, 0.717) is 17.2 Å². The molecule has 2 aliphatic rings. The summed E-state index contributed by atoms with van der Waals surface area (Å²) in [5.74, 6) is -0.178. The molecule has 1 atom stereocenters. The minimum absolute atomic E-state index is 0.0631. The SMILES string of the molecule is COc1ccc(CN2C(=O)C3C=CC=NC3=[N+](CC(=O)Nc3ccccc3OC)C2=O)cc1. The van der Waals surface area contributed by atoms with Gasteiger partial charge in [-0.3, -0.25) is 9.59 Å². The van der Waals surface area contributed by atoms with Crippen molar-refractivity contribution in [3.05, 3.63) is 66.2 Å². The molecule has 9 nitrogen and oxygen atoms in total. The quantitative estimate of drug-likeness (QED) is 0.658. The lowest BCUT2D eigenvalue weighted by Crippen LogP contribution is -2.55. The summed E-state index contributed by atoms with van der Waals surface area (Å²) in [6, 6.07) is 13.5. The maximum Gasteiger partial charge on any atom is 0.446 e. The maximum absolute atomic E-state index is 13.3. The molecule has 0 saturated carbocycles. The Hall–Kier alpha value is -4.27. The summed E-state index contributed by atoms with van der Waals surface area (Å²) >= 11 is 0. The normalized spacial score (nSPS) is 17.2. The summed E-state index contributed by atoms with van der Waals surface area (Å²) in [7, 11) is 3.07. The van der Waals surface area contributed by atoms with E-state index in [-0.39, 0.29) is 24.8 Å². The van der Waals surface area contributed by atoms with Crippen molar-refractivity contribution < 1.29 is 28.4 Å². The lowest BCUT2D eigenvalue weighted by molar-refractivity contribution is -0.429. The number of anilines is 1. The number of methoxy groups -OCH3 is 2. The van der Waals surface area contributed by atoms with E-state index in [4.69, 9.17) is 9.47 Å². The van der Waals surface area contributed by atoms with Crippen LogP contribution < -0.4 is 14.8 Å². The molecule has 0 spiro atoms. The fourth-order valence-corrected chi connectivity index (χ4v) is 3.67. The number of aliphatic imine (C=N–C) groups is 1. The number of amidine groups is 1. The number of allylic oxidation sites excluding steroid dienone is 1. The lowest BCUT2D eigenvalue weighted by atomic mass is 10.0. The van der Waals surface area contributed by atoms with Crippen LogP contribution in [0, 0.1) is 5.92 Å². The van der Waals surface area contributed by atoms with Crippen molar-refractivity contribution in [2.24, 2.45) is 10.9 Å². The molecule has 0 aromatic heterocycles. The van der Waals surface area contributed by atoms with Gasteiger partial charge in [0.15, 0.2) is 12.5 Å². The molecule has 1 unspecified atom stereocenters. The van der Waals surface area contributed by atoms with Crippen LogP contribution in [0.15, 0.2) is 65.7 Å². The molecule has 0 bridgehead atoms. The van der Waals surface area contributed by atoms with Crippen molar-refractivity contribution in [1.82, 2.24) is 4.90 Å². The number of hydrogen-bond acceptors (Lipinski definition) is 6. The largest absolute Gasteiger partial charge is 0.497 e. The topological polar surface area (TPSA) is 100 Å². The Morgan fingerprint density at radius 1 is 1.09 bits per heavy atom. The van der Waals surface area contributed by atoms with E-state index in [0.717, 1.165) is 10.5 Å². The zero-order valence-electron chi connectivity index (χ0n) is 18.2. The molecule has 0 saturated heterocycles. The number of rotatable bonds is 7. The monoisotopic (exact) mass is 447 g/mol. The standard InChI is InChI=1S/C24H22N4O5/c1-32-17-11-9-16(10-12-17)14-28-23(30)18-6-5-13-25-22(18)27(24(28)31)15-21(29)26-19-7-3-4-8-20(19)33-2/h3-13,18H,14-15H2,1-2H3/p+1. The number of fused-ring (bicyclic) bond motifs is 1. The van der Waals surface area contributed by atoms with Crippen LogP contribution in [0.3, 0.4) is 0 Å². The molecular formula is C24H23N4O5+. The smallest absolute Gasteiger partial charge is 0.446 e. The molecule has 2 heterocycles. The van der Waals surface area contributed by atoms with Crippen molar-refractivity contribution >= 4 is 35.6 Å². The maximum atomic E-state index is 13.3. The highest BCUT2D eigenvalue weighted by atomic mass is 16.5. The van der Waals surface area contributed by atoms with Gasteiger partial charge in [0.05, 0.1) is 19.9 Å². The first-order chi connectivity index (χ1) is 16.0. The van der Waals surface area contributed by atoms with Crippen LogP contribution in [0.4, 0.5) is 10.5 Å². The Bertz CT molecular complexity index is 1180. The van der Waals surface area contributed by atoms with Gasteiger partial charge in [-0.15, -0.1) is 4.99 Å². The number of dihydropyridines is 1. The number of para-hydroxylation sites is 2. The second-order valence-corrected chi connectivity index (χ2v) is 7.39. The first-order valence-corrected chi connectivity index (χ1v) is 10.3. The summed E-state index contributed by atoms with van der Waals surface area (Å²) in [4.78, 5) is 44.6. The van der Waals surface area contributed by atoms with E-state index >= 15 is 0 Å². The van der Waals surface area contributed by atoms with Crippen LogP contribution in [0.5, 0.6) is 11.5 Å². The van der Waals surface area contributed by atoms with E-state index < -0.39 is 17.9 Å². The molecule has 0 radical (unpaired) electrons. The Labute approximate surface area is 190 Å². The fraction of sp³-hybridized carbons (Fsp3) is 0.208. The number of carbonyl (C=O) groups excluding carboxylic acids is 3. The van der Waals surface area contributed by atoms with Crippen LogP contribution in [0.25, 0.3) is 0 Å². The number of ether oxygens (including phenoxy) is 2. The van der Waals surface area contributed by atoms with Gasteiger partial charge in [-0.05, 0) is 35.9 Å². The van der Waals surface area contributed by atoms with Crippen LogP contribution in [0.1, 0.15) is 5.56 Å². The minimum atomic E-state index is -0.745. The highest BCUT2D eigenvalue weighted by Gasteiger charge is 2.47. The number of urea groups is 1. The van der Waals surface area contributed by atoms with Gasteiger partial charge < -0.3 is 14.8 Å². The molecule has 1 N–H and O–H groups in total. The van der Waals surface area contributed by atoms with Gasteiger partial charge in [-0.1, -0.05) is 30.3 Å². The van der Waals surface area contributed by atoms with E-state index in [1.807, 2.05) is 0 Å². The fourth-order valence-electron chi connectivity index (χ4n) is 3.67. The summed E-state index contributed by atoms with van der Waals surface area (Å²) in [6.07, 6.45) is 4.82. The Morgan fingerprint density at radius 3 is 2.58 bits per heavy atom. The number of carbonyl (C=O) groups is 3. The van der Waals surface area contributed by atoms with Crippen LogP contribution in [-0.2, 0) is 16.1 Å². The Balaban J connectivity index is 1.60. The molecule has 2 aliphatic heterocycles. The molecule has 0 aliphatic carbocycles. The molecule has 4 rings (SSSR count). The molecule has 33 heavy (non-hydrogen) atoms. The first-order valence-electron chi connectivity index (χ1n) is 10.3. The molecule has 9 heteroatoms. The molecule has 4 amide bonds. The number of hydrogen-bond donors (Lipinski definition) is 1.